The summed E-state index contributed by atoms with van der Waals surface area (Å²) >= 11 is 0. The molecule has 0 bridgehead atoms. The van der Waals surface area contributed by atoms with Crippen LogP contribution in [-0.4, -0.2) is 13.2 Å². The molecule has 0 fully saturated rings. The molecule has 0 aliphatic rings. The van der Waals surface area contributed by atoms with Crippen molar-refractivity contribution in [2.24, 2.45) is 0 Å². The van der Waals surface area contributed by atoms with Crippen molar-refractivity contribution in [1.29, 1.82) is 0 Å². The van der Waals surface area contributed by atoms with Gasteiger partial charge in [-0.2, -0.15) is 0 Å². The maximum Gasteiger partial charge on any atom is 0.165 e. The number of halogens is 1. The quantitative estimate of drug-likeness (QED) is 0.803. The summed E-state index contributed by atoms with van der Waals surface area (Å²) in [5.41, 5.74) is 0.866. The average Bonchev–Trinajstić information content (AvgIpc) is 2.24. The summed E-state index contributed by atoms with van der Waals surface area (Å²) in [6.45, 7) is 4.68. The van der Waals surface area contributed by atoms with Gasteiger partial charge >= 0.3 is 0 Å². The Morgan fingerprint density at radius 3 is 2.81 bits per heavy atom. The normalized spacial score (nSPS) is 12.5. The van der Waals surface area contributed by atoms with Crippen molar-refractivity contribution in [3.63, 3.8) is 0 Å². The third-order valence-electron chi connectivity index (χ3n) is 2.43. The van der Waals surface area contributed by atoms with Crippen LogP contribution < -0.4 is 10.1 Å². The first-order valence-electron chi connectivity index (χ1n) is 5.77. The lowest BCUT2D eigenvalue weighted by molar-refractivity contribution is 0.198. The Balaban J connectivity index is 2.83. The van der Waals surface area contributed by atoms with Crippen LogP contribution in [0.3, 0.4) is 0 Å². The second-order valence-electron chi connectivity index (χ2n) is 3.98. The molecule has 3 heteroatoms. The van der Waals surface area contributed by atoms with Gasteiger partial charge in [-0.25, -0.2) is 4.39 Å². The van der Waals surface area contributed by atoms with Gasteiger partial charge in [-0.1, -0.05) is 25.5 Å². The van der Waals surface area contributed by atoms with E-state index in [-0.39, 0.29) is 11.9 Å². The maximum atomic E-state index is 13.6. The molecule has 0 saturated heterocycles. The predicted octanol–water partition coefficient (Wildman–Crippen LogP) is 3.11. The molecule has 1 rings (SSSR count). The lowest BCUT2D eigenvalue weighted by Gasteiger charge is -2.17. The zero-order valence-electron chi connectivity index (χ0n) is 10.2. The molecule has 1 atom stereocenters. The molecule has 0 heterocycles. The Morgan fingerprint density at radius 2 is 2.19 bits per heavy atom. The van der Waals surface area contributed by atoms with Crippen molar-refractivity contribution in [1.82, 2.24) is 5.32 Å². The number of nitrogens with one attached hydrogen (secondary N) is 1. The van der Waals surface area contributed by atoms with Gasteiger partial charge in [-0.3, -0.25) is 0 Å². The van der Waals surface area contributed by atoms with Crippen LogP contribution in [0.1, 0.15) is 32.3 Å². The van der Waals surface area contributed by atoms with E-state index in [1.165, 1.54) is 6.07 Å². The molecular formula is C13H20FNO. The zero-order chi connectivity index (χ0) is 12.0. The van der Waals surface area contributed by atoms with Crippen LogP contribution in [0, 0.1) is 5.82 Å². The summed E-state index contributed by atoms with van der Waals surface area (Å²) in [5.74, 6) is 0.105. The highest BCUT2D eigenvalue weighted by Gasteiger charge is 2.12. The third-order valence-corrected chi connectivity index (χ3v) is 2.43. The topological polar surface area (TPSA) is 21.3 Å². The standard InChI is InChI=1S/C13H20FNO/c1-4-6-10(2)16-13-11(9-15-3)7-5-8-12(13)14/h5,7-8,10,15H,4,6,9H2,1-3H3. The van der Waals surface area contributed by atoms with Crippen LogP contribution in [0.25, 0.3) is 0 Å². The third kappa shape index (κ3) is 3.49. The summed E-state index contributed by atoms with van der Waals surface area (Å²) in [5, 5.41) is 3.01. The van der Waals surface area contributed by atoms with Gasteiger partial charge in [0.2, 0.25) is 0 Å². The summed E-state index contributed by atoms with van der Waals surface area (Å²) in [4.78, 5) is 0. The van der Waals surface area contributed by atoms with Crippen LogP contribution in [-0.2, 0) is 6.54 Å². The van der Waals surface area contributed by atoms with Gasteiger partial charge in [0.1, 0.15) is 0 Å². The fraction of sp³-hybridized carbons (Fsp3) is 0.538. The smallest absolute Gasteiger partial charge is 0.165 e. The van der Waals surface area contributed by atoms with Crippen molar-refractivity contribution in [3.05, 3.63) is 29.6 Å². The molecule has 0 saturated carbocycles. The Hall–Kier alpha value is -1.09. The first-order chi connectivity index (χ1) is 7.69. The lowest BCUT2D eigenvalue weighted by Crippen LogP contribution is -2.15. The molecule has 0 radical (unpaired) electrons. The number of benzene rings is 1. The average molecular weight is 225 g/mol. The first kappa shape index (κ1) is 13.0. The second kappa shape index (κ2) is 6.48. The van der Waals surface area contributed by atoms with Gasteiger partial charge in [0.25, 0.3) is 0 Å². The van der Waals surface area contributed by atoms with Gasteiger partial charge in [0, 0.05) is 12.1 Å². The van der Waals surface area contributed by atoms with Crippen molar-refractivity contribution < 1.29 is 9.13 Å². The Kier molecular flexibility index (Phi) is 5.26. The van der Waals surface area contributed by atoms with Crippen LogP contribution >= 0.6 is 0 Å². The van der Waals surface area contributed by atoms with E-state index in [1.54, 1.807) is 6.07 Å². The molecule has 1 N–H and O–H groups in total. The molecule has 0 amide bonds. The molecule has 1 aromatic carbocycles. The molecule has 0 aliphatic heterocycles. The van der Waals surface area contributed by atoms with E-state index < -0.39 is 0 Å². The number of rotatable bonds is 6. The number of ether oxygens (including phenoxy) is 1. The molecule has 16 heavy (non-hydrogen) atoms. The van der Waals surface area contributed by atoms with Gasteiger partial charge < -0.3 is 10.1 Å². The minimum atomic E-state index is -0.282. The SMILES string of the molecule is CCCC(C)Oc1c(F)cccc1CNC. The largest absolute Gasteiger partial charge is 0.487 e. The molecule has 1 aromatic rings. The summed E-state index contributed by atoms with van der Waals surface area (Å²) in [6.07, 6.45) is 2.03. The van der Waals surface area contributed by atoms with Gasteiger partial charge in [-0.15, -0.1) is 0 Å². The van der Waals surface area contributed by atoms with E-state index in [0.717, 1.165) is 18.4 Å². The Morgan fingerprint density at radius 1 is 1.44 bits per heavy atom. The second-order valence-corrected chi connectivity index (χ2v) is 3.98. The number of hydrogen-bond donors (Lipinski definition) is 1. The van der Waals surface area contributed by atoms with Crippen molar-refractivity contribution in [3.8, 4) is 5.75 Å². The highest BCUT2D eigenvalue weighted by atomic mass is 19.1. The summed E-state index contributed by atoms with van der Waals surface area (Å²) in [6, 6.07) is 5.03. The van der Waals surface area contributed by atoms with Crippen LogP contribution in [0.4, 0.5) is 4.39 Å². The first-order valence-corrected chi connectivity index (χ1v) is 5.77. The molecule has 1 unspecified atom stereocenters. The highest BCUT2D eigenvalue weighted by molar-refractivity contribution is 5.35. The van der Waals surface area contributed by atoms with Crippen molar-refractivity contribution >= 4 is 0 Å². The van der Waals surface area contributed by atoms with Crippen LogP contribution in [0.15, 0.2) is 18.2 Å². The molecule has 2 nitrogen and oxygen atoms in total. The van der Waals surface area contributed by atoms with Crippen molar-refractivity contribution in [2.45, 2.75) is 39.3 Å². The molecule has 0 aromatic heterocycles. The zero-order valence-corrected chi connectivity index (χ0v) is 10.2. The predicted molar refractivity (Wildman–Crippen MR) is 64.2 cm³/mol. The molecule has 0 aliphatic carbocycles. The van der Waals surface area contributed by atoms with E-state index >= 15 is 0 Å². The van der Waals surface area contributed by atoms with Gasteiger partial charge in [0.15, 0.2) is 11.6 Å². The molecular weight excluding hydrogens is 205 g/mol. The van der Waals surface area contributed by atoms with E-state index in [2.05, 4.69) is 12.2 Å². The van der Waals surface area contributed by atoms with Gasteiger partial charge in [-0.05, 0) is 26.5 Å². The summed E-state index contributed by atoms with van der Waals surface area (Å²) < 4.78 is 19.3. The molecule has 90 valence electrons. The maximum absolute atomic E-state index is 13.6. The van der Waals surface area contributed by atoms with Crippen molar-refractivity contribution in [2.75, 3.05) is 7.05 Å². The van der Waals surface area contributed by atoms with E-state index in [1.807, 2.05) is 20.0 Å². The Labute approximate surface area is 96.8 Å². The number of hydrogen-bond acceptors (Lipinski definition) is 2. The van der Waals surface area contributed by atoms with Gasteiger partial charge in [0.05, 0.1) is 6.10 Å². The minimum absolute atomic E-state index is 0.0532. The fourth-order valence-electron chi connectivity index (χ4n) is 1.68. The number of para-hydroxylation sites is 1. The van der Waals surface area contributed by atoms with E-state index in [0.29, 0.717) is 12.3 Å². The highest BCUT2D eigenvalue weighted by Crippen LogP contribution is 2.24. The lowest BCUT2D eigenvalue weighted by atomic mass is 10.1. The fourth-order valence-corrected chi connectivity index (χ4v) is 1.68. The summed E-state index contributed by atoms with van der Waals surface area (Å²) in [7, 11) is 1.84. The van der Waals surface area contributed by atoms with Crippen LogP contribution in [0.2, 0.25) is 0 Å². The monoisotopic (exact) mass is 225 g/mol. The van der Waals surface area contributed by atoms with Crippen LogP contribution in [0.5, 0.6) is 5.75 Å². The Bertz CT molecular complexity index is 328. The van der Waals surface area contributed by atoms with E-state index in [4.69, 9.17) is 4.74 Å². The molecule has 0 spiro atoms. The van der Waals surface area contributed by atoms with E-state index in [9.17, 15) is 4.39 Å². The minimum Gasteiger partial charge on any atom is -0.487 e.